The number of ether oxygens (including phenoxy) is 1. The minimum atomic E-state index is -1.40. The first-order chi connectivity index (χ1) is 31.4. The number of nitrogens with two attached hydrogens (primary N) is 1. The van der Waals surface area contributed by atoms with E-state index in [1.54, 1.807) is 12.1 Å². The van der Waals surface area contributed by atoms with Gasteiger partial charge < -0.3 is 51.1 Å². The van der Waals surface area contributed by atoms with Crippen molar-refractivity contribution in [3.8, 4) is 33.9 Å². The third-order valence-electron chi connectivity index (χ3n) is 10.9. The van der Waals surface area contributed by atoms with Gasteiger partial charge in [-0.15, -0.1) is 0 Å². The summed E-state index contributed by atoms with van der Waals surface area (Å²) in [6, 6.07) is 10.6. The molecule has 20 heteroatoms. The number of aromatic hydroxyl groups is 1. The molecular weight excluding hydrogens is 861 g/mol. The lowest BCUT2D eigenvalue weighted by Crippen LogP contribution is -2.49. The second-order valence-electron chi connectivity index (χ2n) is 15.8. The first-order valence-electron chi connectivity index (χ1n) is 21.0. The zero-order valence-electron chi connectivity index (χ0n) is 36.0. The van der Waals surface area contributed by atoms with Gasteiger partial charge in [0.15, 0.2) is 17.0 Å². The molecule has 5 rings (SSSR count). The Kier molecular flexibility index (Phi) is 17.0. The number of carbonyl (C=O) groups excluding carboxylic acids is 7. The van der Waals surface area contributed by atoms with E-state index in [-0.39, 0.29) is 66.1 Å². The number of aromatic amines is 1. The number of ketones is 2. The number of hydrogen-bond donors (Lipinski definition) is 8. The molecule has 0 fully saturated rings. The third kappa shape index (κ3) is 13.2. The van der Waals surface area contributed by atoms with Gasteiger partial charge in [-0.1, -0.05) is 0 Å². The first kappa shape index (κ1) is 49.3. The SMILES string of the molecule is CC(=O)N[C@H](CCCCNC(=O)c1ccc(OC=O)c(-c2c3ccc(=O)cc-3oc3cc(O)ccc23)c1)C(=O)C[C@@H](C(=O)N[C@H](Cc1cnc[nH]1)C(=O)C[C@H](CCC(=O)O)C(N)=O)[C@H](C)O. The number of carboxylic acid groups (broad SMARTS) is 1. The molecule has 1 aromatic heterocycles. The Bertz CT molecular complexity index is 2620. The van der Waals surface area contributed by atoms with Gasteiger partial charge in [0.25, 0.3) is 12.4 Å². The van der Waals surface area contributed by atoms with Crippen LogP contribution in [0.15, 0.2) is 76.3 Å². The van der Waals surface area contributed by atoms with Gasteiger partial charge in [-0.3, -0.25) is 43.2 Å². The van der Waals surface area contributed by atoms with E-state index in [1.165, 1.54) is 68.8 Å². The summed E-state index contributed by atoms with van der Waals surface area (Å²) < 4.78 is 11.2. The van der Waals surface area contributed by atoms with Crippen LogP contribution in [0.2, 0.25) is 0 Å². The lowest BCUT2D eigenvalue weighted by Gasteiger charge is -2.25. The number of primary amides is 1. The maximum Gasteiger partial charge on any atom is 0.303 e. The number of phenolic OH excluding ortho intramolecular Hbond substituents is 1. The molecule has 0 saturated heterocycles. The highest BCUT2D eigenvalue weighted by Crippen LogP contribution is 2.44. The van der Waals surface area contributed by atoms with Crippen molar-refractivity contribution in [2.75, 3.05) is 6.54 Å². The maximum absolute atomic E-state index is 13.7. The fraction of sp³-hybridized carbons (Fsp3) is 0.348. The molecule has 66 heavy (non-hydrogen) atoms. The highest BCUT2D eigenvalue weighted by Gasteiger charge is 2.34. The number of imidazole rings is 1. The summed E-state index contributed by atoms with van der Waals surface area (Å²) in [6.45, 7) is 2.86. The zero-order chi connectivity index (χ0) is 48.1. The van der Waals surface area contributed by atoms with Crippen LogP contribution < -0.4 is 31.8 Å². The maximum atomic E-state index is 13.7. The molecule has 0 unspecified atom stereocenters. The quantitative estimate of drug-likeness (QED) is 0.0237. The van der Waals surface area contributed by atoms with E-state index < -0.39 is 90.5 Å². The highest BCUT2D eigenvalue weighted by molar-refractivity contribution is 6.05. The monoisotopic (exact) mass is 910 g/mol. The van der Waals surface area contributed by atoms with Gasteiger partial charge in [-0.2, -0.15) is 0 Å². The third-order valence-corrected chi connectivity index (χ3v) is 10.9. The van der Waals surface area contributed by atoms with Crippen LogP contribution in [0.5, 0.6) is 11.5 Å². The summed E-state index contributed by atoms with van der Waals surface area (Å²) in [7, 11) is 0. The van der Waals surface area contributed by atoms with Crippen molar-refractivity contribution in [2.45, 2.75) is 83.4 Å². The molecule has 1 aliphatic carbocycles. The molecular formula is C46H50N6O14. The van der Waals surface area contributed by atoms with Crippen LogP contribution in [0.4, 0.5) is 0 Å². The Morgan fingerprint density at radius 3 is 2.35 bits per heavy atom. The minimum Gasteiger partial charge on any atom is -0.508 e. The molecule has 5 atom stereocenters. The number of benzene rings is 3. The number of phenols is 1. The number of aliphatic carboxylic acids is 1. The lowest BCUT2D eigenvalue weighted by atomic mass is 9.89. The average Bonchev–Trinajstić information content (AvgIpc) is 3.78. The Morgan fingerprint density at radius 2 is 1.68 bits per heavy atom. The molecule has 348 valence electrons. The number of fused-ring (bicyclic) bond motifs is 2. The summed E-state index contributed by atoms with van der Waals surface area (Å²) >= 11 is 0. The number of aliphatic hydroxyl groups excluding tert-OH is 1. The first-order valence-corrected chi connectivity index (χ1v) is 21.0. The fourth-order valence-corrected chi connectivity index (χ4v) is 7.52. The molecule has 3 aromatic rings. The molecule has 9 N–H and O–H groups in total. The summed E-state index contributed by atoms with van der Waals surface area (Å²) in [5.74, 6) is -7.54. The molecule has 1 aliphatic heterocycles. The number of Topliss-reactive ketones (excluding diaryl/α,β-unsaturated/α-hetero) is 2. The number of unbranched alkanes of at least 4 members (excludes halogenated alkanes) is 1. The largest absolute Gasteiger partial charge is 0.508 e. The molecule has 0 radical (unpaired) electrons. The zero-order valence-corrected chi connectivity index (χ0v) is 36.0. The van der Waals surface area contributed by atoms with Crippen molar-refractivity contribution in [2.24, 2.45) is 17.6 Å². The van der Waals surface area contributed by atoms with Crippen molar-refractivity contribution in [1.29, 1.82) is 0 Å². The minimum absolute atomic E-state index is 0.0932. The average molecular weight is 911 g/mol. The van der Waals surface area contributed by atoms with Crippen LogP contribution in [0.25, 0.3) is 33.4 Å². The van der Waals surface area contributed by atoms with Crippen molar-refractivity contribution >= 4 is 58.6 Å². The Morgan fingerprint density at radius 1 is 0.924 bits per heavy atom. The number of aromatic nitrogens is 2. The van der Waals surface area contributed by atoms with Gasteiger partial charge in [0.05, 0.1) is 30.4 Å². The Balaban J connectivity index is 1.24. The smallest absolute Gasteiger partial charge is 0.303 e. The number of carbonyl (C=O) groups is 8. The van der Waals surface area contributed by atoms with Gasteiger partial charge in [0.2, 0.25) is 17.7 Å². The molecule has 2 heterocycles. The predicted molar refractivity (Wildman–Crippen MR) is 235 cm³/mol. The predicted octanol–water partition coefficient (Wildman–Crippen LogP) is 2.54. The summed E-state index contributed by atoms with van der Waals surface area (Å²) in [5.41, 5.74) is 7.19. The van der Waals surface area contributed by atoms with E-state index in [2.05, 4.69) is 25.9 Å². The van der Waals surface area contributed by atoms with Crippen LogP contribution in [0.1, 0.15) is 74.8 Å². The normalized spacial score (nSPS) is 13.4. The van der Waals surface area contributed by atoms with Crippen molar-refractivity contribution < 1.29 is 62.8 Å². The Hall–Kier alpha value is -7.74. The number of nitrogens with one attached hydrogen (secondary N) is 4. The van der Waals surface area contributed by atoms with Gasteiger partial charge >= 0.3 is 5.97 Å². The van der Waals surface area contributed by atoms with Crippen LogP contribution in [0.3, 0.4) is 0 Å². The number of aliphatic hydroxyl groups is 1. The number of hydrogen-bond acceptors (Lipinski definition) is 14. The topological polar surface area (TPSA) is 327 Å². The van der Waals surface area contributed by atoms with Crippen LogP contribution in [0, 0.1) is 11.8 Å². The summed E-state index contributed by atoms with van der Waals surface area (Å²) in [6.07, 6.45) is 0.334. The number of H-pyrrole nitrogens is 1. The van der Waals surface area contributed by atoms with E-state index in [9.17, 15) is 53.4 Å². The van der Waals surface area contributed by atoms with E-state index in [0.717, 1.165) is 0 Å². The molecule has 0 bridgehead atoms. The van der Waals surface area contributed by atoms with Gasteiger partial charge in [-0.05, 0) is 75.1 Å². The van der Waals surface area contributed by atoms with E-state index in [0.29, 0.717) is 40.6 Å². The molecule has 2 aliphatic rings. The lowest BCUT2D eigenvalue weighted by molar-refractivity contribution is -0.138. The summed E-state index contributed by atoms with van der Waals surface area (Å²) in [5, 5.41) is 38.3. The molecule has 2 aromatic carbocycles. The fourth-order valence-electron chi connectivity index (χ4n) is 7.52. The molecule has 4 amide bonds. The molecule has 0 spiro atoms. The molecule has 0 saturated carbocycles. The summed E-state index contributed by atoms with van der Waals surface area (Å²) in [4.78, 5) is 120. The standard InChI is InChI=1S/C46H50N6O14/c1-24(54)33(46(64)52-36(17-28-21-48-22-50-28)37(58)16-26(44(47)62)7-13-42(60)61)20-38(59)35(51-25(2)55)5-3-4-14-49-45(63)27-6-12-39(65-23-53)34(15-27)43-31-10-8-29(56)18-40(31)66-41-19-30(57)9-11-32(41)43/h6,8-12,15,18-19,21-24,26,33,35-36,54,56H,3-5,7,13-14,16-17,20H2,1-2H3,(H2,47,62)(H,48,50)(H,49,63)(H,51,55)(H,52,64)(H,60,61)/t24-,26-,33+,35+,36+/m0/s1. The van der Waals surface area contributed by atoms with Crippen LogP contribution >= 0.6 is 0 Å². The second-order valence-corrected chi connectivity index (χ2v) is 15.8. The molecule has 20 nitrogen and oxygen atoms in total. The van der Waals surface area contributed by atoms with Gasteiger partial charge in [-0.25, -0.2) is 4.98 Å². The van der Waals surface area contributed by atoms with Crippen LogP contribution in [-0.2, 0) is 40.0 Å². The number of amides is 4. The number of carboxylic acids is 1. The van der Waals surface area contributed by atoms with Gasteiger partial charge in [0, 0.05) is 96.7 Å². The number of nitrogens with zero attached hydrogens (tertiary/aromatic N) is 1. The van der Waals surface area contributed by atoms with E-state index in [4.69, 9.17) is 20.0 Å². The van der Waals surface area contributed by atoms with E-state index >= 15 is 0 Å². The van der Waals surface area contributed by atoms with Crippen LogP contribution in [-0.4, -0.2) is 97.7 Å². The highest BCUT2D eigenvalue weighted by atomic mass is 16.5. The number of rotatable bonds is 25. The van der Waals surface area contributed by atoms with Crippen molar-refractivity contribution in [3.05, 3.63) is 88.6 Å². The Labute approximate surface area is 376 Å². The van der Waals surface area contributed by atoms with Crippen molar-refractivity contribution in [3.63, 3.8) is 0 Å². The van der Waals surface area contributed by atoms with Crippen molar-refractivity contribution in [1.82, 2.24) is 25.9 Å². The van der Waals surface area contributed by atoms with Gasteiger partial charge in [0.1, 0.15) is 22.8 Å². The second kappa shape index (κ2) is 22.7. The van der Waals surface area contributed by atoms with E-state index in [1.807, 2.05) is 0 Å².